The third-order valence-electron chi connectivity index (χ3n) is 4.82. The Hall–Kier alpha value is -3.27. The fourth-order valence-electron chi connectivity index (χ4n) is 3.57. The average molecular weight is 389 g/mol. The highest BCUT2D eigenvalue weighted by atomic mass is 19.1. The molecule has 0 spiro atoms. The second-order valence-corrected chi connectivity index (χ2v) is 7.23. The van der Waals surface area contributed by atoms with E-state index < -0.39 is 34.1 Å². The number of anilines is 1. The zero-order chi connectivity index (χ0) is 20.4. The predicted octanol–water partition coefficient (Wildman–Crippen LogP) is 1.24. The molecule has 0 unspecified atom stereocenters. The van der Waals surface area contributed by atoms with Gasteiger partial charge in [0.25, 0.3) is 0 Å². The van der Waals surface area contributed by atoms with Crippen molar-refractivity contribution >= 4 is 33.6 Å². The van der Waals surface area contributed by atoms with Crippen LogP contribution in [0.5, 0.6) is 0 Å². The van der Waals surface area contributed by atoms with Gasteiger partial charge in [-0.15, -0.1) is 0 Å². The normalized spacial score (nSPS) is 15.7. The molecule has 1 aromatic carbocycles. The van der Waals surface area contributed by atoms with Crippen LogP contribution in [0, 0.1) is 11.6 Å². The number of carbonyl (C=O) groups is 1. The first-order valence-electron chi connectivity index (χ1n) is 8.46. The summed E-state index contributed by atoms with van der Waals surface area (Å²) >= 11 is 0. The van der Waals surface area contributed by atoms with Gasteiger partial charge in [-0.1, -0.05) is 0 Å². The van der Waals surface area contributed by atoms with Crippen molar-refractivity contribution in [1.29, 1.82) is 0 Å². The summed E-state index contributed by atoms with van der Waals surface area (Å²) in [7, 11) is 1.50. The molecule has 0 aliphatic carbocycles. The van der Waals surface area contributed by atoms with Crippen LogP contribution < -0.4 is 21.5 Å². The first kappa shape index (κ1) is 18.1. The van der Waals surface area contributed by atoms with Crippen LogP contribution in [-0.2, 0) is 0 Å². The van der Waals surface area contributed by atoms with Gasteiger partial charge in [0.1, 0.15) is 22.6 Å². The maximum atomic E-state index is 15.1. The highest BCUT2D eigenvalue weighted by Gasteiger charge is 2.38. The average Bonchev–Trinajstić information content (AvgIpc) is 2.59. The lowest BCUT2D eigenvalue weighted by molar-refractivity contribution is 0.0695. The molecule has 1 fully saturated rings. The van der Waals surface area contributed by atoms with Gasteiger partial charge in [0.2, 0.25) is 5.43 Å². The highest BCUT2D eigenvalue weighted by Crippen LogP contribution is 2.35. The Morgan fingerprint density at radius 3 is 2.61 bits per heavy atom. The van der Waals surface area contributed by atoms with E-state index in [9.17, 15) is 19.1 Å². The van der Waals surface area contributed by atoms with E-state index >= 15 is 4.39 Å². The summed E-state index contributed by atoms with van der Waals surface area (Å²) in [6, 6.07) is 2.34. The molecule has 3 aromatic rings. The number of pyridine rings is 2. The molecule has 2 aromatic heterocycles. The van der Waals surface area contributed by atoms with Crippen molar-refractivity contribution in [3.8, 4) is 0 Å². The van der Waals surface area contributed by atoms with Crippen LogP contribution in [-0.4, -0.2) is 46.4 Å². The number of hydrogen-bond donors (Lipinski definition) is 3. The van der Waals surface area contributed by atoms with E-state index in [2.05, 4.69) is 10.4 Å². The molecule has 0 bridgehead atoms. The number of aromatic carboxylic acids is 1. The summed E-state index contributed by atoms with van der Waals surface area (Å²) in [5.41, 5.74) is 6.52. The zero-order valence-electron chi connectivity index (χ0n) is 15.1. The largest absolute Gasteiger partial charge is 0.477 e. The number of nitrogens with zero attached hydrogens (tertiary/aromatic N) is 3. The van der Waals surface area contributed by atoms with Gasteiger partial charge in [0.05, 0.1) is 5.39 Å². The first-order valence-corrected chi connectivity index (χ1v) is 8.46. The second kappa shape index (κ2) is 5.86. The first-order chi connectivity index (χ1) is 13.1. The number of aromatic nitrogens is 2. The van der Waals surface area contributed by atoms with Crippen molar-refractivity contribution in [2.24, 2.45) is 5.73 Å². The highest BCUT2D eigenvalue weighted by molar-refractivity contribution is 5.97. The Balaban J connectivity index is 2.02. The number of carboxylic acids is 1. The van der Waals surface area contributed by atoms with Crippen molar-refractivity contribution in [2.75, 3.05) is 30.5 Å². The van der Waals surface area contributed by atoms with Crippen molar-refractivity contribution in [3.05, 3.63) is 45.8 Å². The van der Waals surface area contributed by atoms with Gasteiger partial charge >= 0.3 is 5.97 Å². The number of halogens is 2. The minimum Gasteiger partial charge on any atom is -0.477 e. The Kier molecular flexibility index (Phi) is 3.79. The third-order valence-corrected chi connectivity index (χ3v) is 4.82. The van der Waals surface area contributed by atoms with Gasteiger partial charge in [-0.05, 0) is 19.1 Å². The molecule has 0 amide bonds. The second-order valence-electron chi connectivity index (χ2n) is 7.23. The molecule has 3 heterocycles. The van der Waals surface area contributed by atoms with Crippen LogP contribution in [0.1, 0.15) is 17.3 Å². The van der Waals surface area contributed by atoms with Gasteiger partial charge in [-0.3, -0.25) is 4.79 Å². The van der Waals surface area contributed by atoms with Crippen LogP contribution in [0.2, 0.25) is 0 Å². The maximum Gasteiger partial charge on any atom is 0.341 e. The molecule has 0 saturated carbocycles. The number of hydrogen-bond acceptors (Lipinski definition) is 6. The van der Waals surface area contributed by atoms with Gasteiger partial charge in [0, 0.05) is 37.3 Å². The predicted molar refractivity (Wildman–Crippen MR) is 100 cm³/mol. The van der Waals surface area contributed by atoms with Crippen LogP contribution in [0.15, 0.2) is 23.1 Å². The Morgan fingerprint density at radius 2 is 2.04 bits per heavy atom. The minimum absolute atomic E-state index is 0.0359. The lowest BCUT2D eigenvalue weighted by Crippen LogP contribution is -2.66. The van der Waals surface area contributed by atoms with E-state index in [1.165, 1.54) is 22.7 Å². The van der Waals surface area contributed by atoms with Gasteiger partial charge in [-0.25, -0.2) is 23.2 Å². The molecule has 4 rings (SSSR count). The minimum atomic E-state index is -1.41. The number of benzene rings is 1. The molecule has 1 aliphatic rings. The van der Waals surface area contributed by atoms with E-state index in [1.54, 1.807) is 6.92 Å². The summed E-state index contributed by atoms with van der Waals surface area (Å²) in [6.45, 7) is 2.38. The maximum absolute atomic E-state index is 15.1. The van der Waals surface area contributed by atoms with Crippen LogP contribution in [0.25, 0.3) is 21.9 Å². The zero-order valence-corrected chi connectivity index (χ0v) is 15.1. The van der Waals surface area contributed by atoms with E-state index in [0.717, 1.165) is 12.3 Å². The number of fused-ring (bicyclic) bond motifs is 2. The van der Waals surface area contributed by atoms with E-state index in [-0.39, 0.29) is 27.6 Å². The molecule has 0 atom stereocenters. The molecule has 1 saturated heterocycles. The number of rotatable bonds is 3. The molecule has 1 aliphatic heterocycles. The number of nitrogens with one attached hydrogen (secondary N) is 1. The van der Waals surface area contributed by atoms with Gasteiger partial charge in [-0.2, -0.15) is 0 Å². The lowest BCUT2D eigenvalue weighted by Gasteiger charge is -2.47. The molecular formula is C18H17F2N5O3. The van der Waals surface area contributed by atoms with Crippen molar-refractivity contribution < 1.29 is 18.7 Å². The quantitative estimate of drug-likeness (QED) is 0.578. The third kappa shape index (κ3) is 2.56. The summed E-state index contributed by atoms with van der Waals surface area (Å²) in [5.74, 6) is -3.07. The smallest absolute Gasteiger partial charge is 0.341 e. The van der Waals surface area contributed by atoms with Crippen LogP contribution >= 0.6 is 0 Å². The van der Waals surface area contributed by atoms with Gasteiger partial charge < -0.3 is 21.2 Å². The Morgan fingerprint density at radius 1 is 1.36 bits per heavy atom. The molecule has 0 radical (unpaired) electrons. The molecule has 146 valence electrons. The summed E-state index contributed by atoms with van der Waals surface area (Å²) in [4.78, 5) is 29.5. The number of nitrogens with two attached hydrogens (primary N) is 1. The topological polar surface area (TPSA) is 113 Å². The van der Waals surface area contributed by atoms with E-state index in [1.807, 2.05) is 0 Å². The SMILES string of the molecule is CNn1cc(C(=O)O)c(=O)c2cc3cc(F)c(N4CC(C)(N)C4)c(F)c3nc21. The fraction of sp³-hybridized carbons (Fsp3) is 0.278. The molecule has 4 N–H and O–H groups in total. The summed E-state index contributed by atoms with van der Waals surface area (Å²) < 4.78 is 31.0. The Bertz CT molecular complexity index is 1210. The molecule has 28 heavy (non-hydrogen) atoms. The van der Waals surface area contributed by atoms with Gasteiger partial charge in [0.15, 0.2) is 11.5 Å². The molecular weight excluding hydrogens is 372 g/mol. The lowest BCUT2D eigenvalue weighted by atomic mass is 9.92. The van der Waals surface area contributed by atoms with Crippen molar-refractivity contribution in [3.63, 3.8) is 0 Å². The monoisotopic (exact) mass is 389 g/mol. The van der Waals surface area contributed by atoms with Crippen molar-refractivity contribution in [1.82, 2.24) is 9.66 Å². The fourth-order valence-corrected chi connectivity index (χ4v) is 3.57. The van der Waals surface area contributed by atoms with Crippen LogP contribution in [0.3, 0.4) is 0 Å². The molecule has 8 nitrogen and oxygen atoms in total. The van der Waals surface area contributed by atoms with E-state index in [0.29, 0.717) is 13.1 Å². The molecule has 10 heteroatoms. The summed E-state index contributed by atoms with van der Waals surface area (Å²) in [6.07, 6.45) is 1.07. The number of carboxylic acid groups (broad SMARTS) is 1. The summed E-state index contributed by atoms with van der Waals surface area (Å²) in [5, 5.41) is 9.22. The van der Waals surface area contributed by atoms with Crippen molar-refractivity contribution in [2.45, 2.75) is 12.5 Å². The van der Waals surface area contributed by atoms with Crippen LogP contribution in [0.4, 0.5) is 14.5 Å². The Labute approximate surface area is 157 Å². The standard InChI is InChI=1S/C18H17F2N5O3/c1-18(21)6-24(7-18)14-11(19)4-8-3-9-15(26)10(17(27)28)5-25(22-2)16(9)23-13(8)12(14)20/h3-5,22H,6-7,21H2,1-2H3,(H,27,28). The van der Waals surface area contributed by atoms with E-state index in [4.69, 9.17) is 5.73 Å².